The number of piperazine rings is 1. The minimum Gasteiger partial charge on any atom is -0.481 e. The number of benzene rings is 1. The number of nitrogens with one attached hydrogen (secondary N) is 1. The van der Waals surface area contributed by atoms with E-state index in [1.165, 1.54) is 0 Å². The molecule has 1 N–H and O–H groups in total. The van der Waals surface area contributed by atoms with Crippen LogP contribution in [0.5, 0.6) is 5.88 Å². The number of anilines is 2. The number of nitrogens with zero attached hydrogens (tertiary/aromatic N) is 4. The van der Waals surface area contributed by atoms with E-state index in [9.17, 15) is 4.79 Å². The van der Waals surface area contributed by atoms with Crippen molar-refractivity contribution in [3.8, 4) is 5.88 Å². The molecule has 0 unspecified atom stereocenters. The second-order valence-electron chi connectivity index (χ2n) is 5.72. The number of ether oxygens (including phenoxy) is 1. The van der Waals surface area contributed by atoms with Crippen LogP contribution >= 0.6 is 11.6 Å². The third-order valence-electron chi connectivity index (χ3n) is 3.96. The maximum absolute atomic E-state index is 12.2. The molecule has 1 aliphatic rings. The van der Waals surface area contributed by atoms with Crippen molar-refractivity contribution >= 4 is 29.1 Å². The molecule has 1 saturated heterocycles. The summed E-state index contributed by atoms with van der Waals surface area (Å²) in [6, 6.07) is 8.86. The number of methoxy groups -OCH3 is 1. The number of hydrogen-bond donors (Lipinski definition) is 1. The number of halogens is 1. The van der Waals surface area contributed by atoms with E-state index in [2.05, 4.69) is 25.1 Å². The molecule has 25 heavy (non-hydrogen) atoms. The van der Waals surface area contributed by atoms with Crippen LogP contribution in [0.15, 0.2) is 36.5 Å². The third kappa shape index (κ3) is 4.80. The van der Waals surface area contributed by atoms with Crippen LogP contribution in [0.3, 0.4) is 0 Å². The first-order chi connectivity index (χ1) is 12.1. The molecule has 0 aliphatic carbocycles. The fourth-order valence-electron chi connectivity index (χ4n) is 2.67. The molecule has 0 atom stereocenters. The molecule has 1 aromatic carbocycles. The van der Waals surface area contributed by atoms with Crippen molar-refractivity contribution in [2.45, 2.75) is 0 Å². The summed E-state index contributed by atoms with van der Waals surface area (Å²) in [5.41, 5.74) is 0.709. The highest BCUT2D eigenvalue weighted by Crippen LogP contribution is 2.16. The van der Waals surface area contributed by atoms with Gasteiger partial charge < -0.3 is 15.0 Å². The van der Waals surface area contributed by atoms with Gasteiger partial charge in [-0.1, -0.05) is 17.7 Å². The smallest absolute Gasteiger partial charge is 0.238 e. The first kappa shape index (κ1) is 17.4. The van der Waals surface area contributed by atoms with Gasteiger partial charge in [0.15, 0.2) is 0 Å². The van der Waals surface area contributed by atoms with Crippen LogP contribution in [0.4, 0.5) is 11.6 Å². The molecule has 3 rings (SSSR count). The van der Waals surface area contributed by atoms with E-state index in [1.54, 1.807) is 31.5 Å². The van der Waals surface area contributed by atoms with E-state index in [0.717, 1.165) is 26.2 Å². The van der Waals surface area contributed by atoms with Gasteiger partial charge >= 0.3 is 0 Å². The Morgan fingerprint density at radius 1 is 1.28 bits per heavy atom. The summed E-state index contributed by atoms with van der Waals surface area (Å²) in [6.45, 7) is 3.40. The van der Waals surface area contributed by atoms with Crippen LogP contribution in [0.2, 0.25) is 5.02 Å². The average Bonchev–Trinajstić information content (AvgIpc) is 2.62. The number of aromatic nitrogens is 2. The molecule has 1 amide bonds. The second-order valence-corrected chi connectivity index (χ2v) is 6.16. The maximum Gasteiger partial charge on any atom is 0.238 e. The summed E-state index contributed by atoms with van der Waals surface area (Å²) >= 11 is 5.93. The number of rotatable bonds is 5. The van der Waals surface area contributed by atoms with Gasteiger partial charge in [-0.05, 0) is 18.2 Å². The van der Waals surface area contributed by atoms with Crippen LogP contribution in [0.1, 0.15) is 0 Å². The molecule has 2 heterocycles. The molecule has 1 aliphatic heterocycles. The number of hydrogen-bond acceptors (Lipinski definition) is 6. The summed E-state index contributed by atoms with van der Waals surface area (Å²) < 4.78 is 5.13. The van der Waals surface area contributed by atoms with Gasteiger partial charge in [0.25, 0.3) is 0 Å². The number of carbonyl (C=O) groups excluding carboxylic acids is 1. The minimum absolute atomic E-state index is 0.0478. The molecule has 0 spiro atoms. The zero-order chi connectivity index (χ0) is 17.6. The molecule has 2 aromatic rings. The van der Waals surface area contributed by atoms with E-state index in [1.807, 2.05) is 12.1 Å². The van der Waals surface area contributed by atoms with Gasteiger partial charge in [-0.3, -0.25) is 9.69 Å². The van der Waals surface area contributed by atoms with Crippen LogP contribution in [-0.2, 0) is 4.79 Å². The zero-order valence-electron chi connectivity index (χ0n) is 14.0. The molecule has 0 radical (unpaired) electrons. The van der Waals surface area contributed by atoms with Gasteiger partial charge in [-0.2, -0.15) is 4.98 Å². The summed E-state index contributed by atoms with van der Waals surface area (Å²) in [6.07, 6.45) is 1.69. The zero-order valence-corrected chi connectivity index (χ0v) is 14.7. The fraction of sp³-hybridized carbons (Fsp3) is 0.353. The predicted octanol–water partition coefficient (Wildman–Crippen LogP) is 1.90. The minimum atomic E-state index is -0.0478. The molecule has 7 nitrogen and oxygen atoms in total. The SMILES string of the molecule is COc1ccnc(N2CCN(CC(=O)Nc3cccc(Cl)c3)CC2)n1. The highest BCUT2D eigenvalue weighted by atomic mass is 35.5. The molecule has 0 bridgehead atoms. The van der Waals surface area contributed by atoms with Crippen LogP contribution in [0.25, 0.3) is 0 Å². The van der Waals surface area contributed by atoms with Gasteiger partial charge in [0.05, 0.1) is 13.7 Å². The lowest BCUT2D eigenvalue weighted by molar-refractivity contribution is -0.117. The molecule has 8 heteroatoms. The van der Waals surface area contributed by atoms with Gasteiger partial charge in [0, 0.05) is 49.2 Å². The Hall–Kier alpha value is -2.38. The number of carbonyl (C=O) groups is 1. The van der Waals surface area contributed by atoms with E-state index >= 15 is 0 Å². The Kier molecular flexibility index (Phi) is 5.67. The lowest BCUT2D eigenvalue weighted by Crippen LogP contribution is -2.49. The quantitative estimate of drug-likeness (QED) is 0.877. The van der Waals surface area contributed by atoms with Crippen molar-refractivity contribution in [3.05, 3.63) is 41.6 Å². The summed E-state index contributed by atoms with van der Waals surface area (Å²) in [5, 5.41) is 3.47. The fourth-order valence-corrected chi connectivity index (χ4v) is 2.86. The van der Waals surface area contributed by atoms with E-state index in [0.29, 0.717) is 29.1 Å². The Labute approximate surface area is 151 Å². The van der Waals surface area contributed by atoms with E-state index < -0.39 is 0 Å². The first-order valence-corrected chi connectivity index (χ1v) is 8.41. The highest BCUT2D eigenvalue weighted by molar-refractivity contribution is 6.30. The predicted molar refractivity (Wildman–Crippen MR) is 97.3 cm³/mol. The van der Waals surface area contributed by atoms with Crippen molar-refractivity contribution in [1.82, 2.24) is 14.9 Å². The van der Waals surface area contributed by atoms with Crippen molar-refractivity contribution in [3.63, 3.8) is 0 Å². The van der Waals surface area contributed by atoms with Crippen LogP contribution in [-0.4, -0.2) is 60.6 Å². The molecule has 0 saturated carbocycles. The highest BCUT2D eigenvalue weighted by Gasteiger charge is 2.21. The van der Waals surface area contributed by atoms with Crippen LogP contribution in [0, 0.1) is 0 Å². The molecule has 132 valence electrons. The Morgan fingerprint density at radius 3 is 2.80 bits per heavy atom. The molecule has 1 aromatic heterocycles. The summed E-state index contributed by atoms with van der Waals surface area (Å²) in [7, 11) is 1.59. The molecule has 1 fully saturated rings. The van der Waals surface area contributed by atoms with Crippen molar-refractivity contribution in [2.75, 3.05) is 50.1 Å². The number of amides is 1. The Morgan fingerprint density at radius 2 is 2.08 bits per heavy atom. The third-order valence-corrected chi connectivity index (χ3v) is 4.19. The van der Waals surface area contributed by atoms with Crippen LogP contribution < -0.4 is 15.0 Å². The molecular weight excluding hydrogens is 342 g/mol. The standard InChI is InChI=1S/C17H20ClN5O2/c1-25-16-5-6-19-17(21-16)23-9-7-22(8-10-23)12-15(24)20-14-4-2-3-13(18)11-14/h2-6,11H,7-10,12H2,1H3,(H,20,24). The Bertz CT molecular complexity index is 734. The van der Waals surface area contributed by atoms with Gasteiger partial charge in [-0.15, -0.1) is 0 Å². The lowest BCUT2D eigenvalue weighted by Gasteiger charge is -2.34. The van der Waals surface area contributed by atoms with Crippen molar-refractivity contribution in [2.24, 2.45) is 0 Å². The van der Waals surface area contributed by atoms with Gasteiger partial charge in [0.1, 0.15) is 0 Å². The first-order valence-electron chi connectivity index (χ1n) is 8.04. The summed E-state index contributed by atoms with van der Waals surface area (Å²) in [5.74, 6) is 1.16. The molecular formula is C17H20ClN5O2. The lowest BCUT2D eigenvalue weighted by atomic mass is 10.3. The summed E-state index contributed by atoms with van der Waals surface area (Å²) in [4.78, 5) is 25.0. The maximum atomic E-state index is 12.2. The average molecular weight is 362 g/mol. The van der Waals surface area contributed by atoms with Crippen molar-refractivity contribution in [1.29, 1.82) is 0 Å². The van der Waals surface area contributed by atoms with Crippen molar-refractivity contribution < 1.29 is 9.53 Å². The van der Waals surface area contributed by atoms with Gasteiger partial charge in [-0.25, -0.2) is 4.98 Å². The topological polar surface area (TPSA) is 70.6 Å². The monoisotopic (exact) mass is 361 g/mol. The van der Waals surface area contributed by atoms with Gasteiger partial charge in [0.2, 0.25) is 17.7 Å². The van der Waals surface area contributed by atoms with E-state index in [-0.39, 0.29) is 5.91 Å². The van der Waals surface area contributed by atoms with E-state index in [4.69, 9.17) is 16.3 Å². The largest absolute Gasteiger partial charge is 0.481 e. The normalized spacial score (nSPS) is 15.0. The second kappa shape index (κ2) is 8.13. The Balaban J connectivity index is 1.49.